The number of hydrogen-bond acceptors (Lipinski definition) is 4. The number of aliphatic hydroxyl groups excluding tert-OH is 2. The van der Waals surface area contributed by atoms with Crippen molar-refractivity contribution < 1.29 is 19.7 Å². The molecule has 4 nitrogen and oxygen atoms in total. The number of rotatable bonds is 8. The van der Waals surface area contributed by atoms with Crippen LogP contribution >= 0.6 is 0 Å². The van der Waals surface area contributed by atoms with Gasteiger partial charge in [-0.05, 0) is 90.3 Å². The number of hydrogen-bond donors (Lipinski definition) is 2. The lowest BCUT2D eigenvalue weighted by Crippen LogP contribution is -2.05. The number of ether oxygens (including phenoxy) is 2. The summed E-state index contributed by atoms with van der Waals surface area (Å²) in [6.45, 7) is 0.0551. The van der Waals surface area contributed by atoms with Crippen LogP contribution in [0.2, 0.25) is 0 Å². The lowest BCUT2D eigenvalue weighted by atomic mass is 9.87. The first-order valence-electron chi connectivity index (χ1n) is 18.5. The quantitative estimate of drug-likeness (QED) is 0.154. The van der Waals surface area contributed by atoms with E-state index in [2.05, 4.69) is 121 Å². The second-order valence-corrected chi connectivity index (χ2v) is 13.8. The summed E-state index contributed by atoms with van der Waals surface area (Å²) in [4.78, 5) is 0. The lowest BCUT2D eigenvalue weighted by molar-refractivity contribution is 0.124. The highest BCUT2D eigenvalue weighted by Gasteiger charge is 2.26. The largest absolute Gasteiger partial charge is 0.456 e. The fourth-order valence-electron chi connectivity index (χ4n) is 7.48. The Morgan fingerprint density at radius 1 is 0.418 bits per heavy atom. The molecule has 0 saturated heterocycles. The molecule has 0 amide bonds. The molecule has 0 saturated carbocycles. The van der Waals surface area contributed by atoms with Crippen molar-refractivity contribution in [2.24, 2.45) is 0 Å². The molecule has 1 aliphatic heterocycles. The van der Waals surface area contributed by atoms with Crippen molar-refractivity contribution in [3.63, 3.8) is 0 Å². The predicted octanol–water partition coefficient (Wildman–Crippen LogP) is 12.0. The number of benzene rings is 8. The second-order valence-electron chi connectivity index (χ2n) is 13.8. The molecular weight excluding hydrogens is 677 g/mol. The van der Waals surface area contributed by atoms with E-state index in [0.29, 0.717) is 0 Å². The van der Waals surface area contributed by atoms with Crippen LogP contribution in [-0.4, -0.2) is 17.0 Å². The highest BCUT2D eigenvalue weighted by molar-refractivity contribution is 6.13. The highest BCUT2D eigenvalue weighted by atomic mass is 16.7. The average molecular weight is 715 g/mol. The molecule has 0 atom stereocenters. The van der Waals surface area contributed by atoms with Crippen molar-refractivity contribution in [3.05, 3.63) is 191 Å². The van der Waals surface area contributed by atoms with E-state index in [-0.39, 0.29) is 20.0 Å². The Bertz CT molecular complexity index is 2520. The Balaban J connectivity index is 1.31. The van der Waals surface area contributed by atoms with Crippen LogP contribution in [0.1, 0.15) is 33.4 Å². The van der Waals surface area contributed by atoms with E-state index in [1.54, 1.807) is 0 Å². The fraction of sp³-hybridized carbons (Fsp3) is 0.0588. The van der Waals surface area contributed by atoms with Crippen LogP contribution in [0, 0.1) is 0 Å². The minimum Gasteiger partial charge on any atom is -0.456 e. The molecule has 0 spiro atoms. The SMILES string of the molecule is OCc1ccc(/C=C\c2cc3cc(-c4ccccc4)ccc3c3c2OCOc2c(/C=C\c4ccc(CO)cc4)cc4cc(-c5ccccc5)ccc4c2-3)cc1. The minimum absolute atomic E-state index is 0.00709. The highest BCUT2D eigenvalue weighted by Crippen LogP contribution is 2.51. The third-order valence-electron chi connectivity index (χ3n) is 10.3. The summed E-state index contributed by atoms with van der Waals surface area (Å²) < 4.78 is 13.3. The van der Waals surface area contributed by atoms with Crippen molar-refractivity contribution in [3.8, 4) is 44.9 Å². The first-order chi connectivity index (χ1) is 27.1. The van der Waals surface area contributed by atoms with Crippen LogP contribution in [0.4, 0.5) is 0 Å². The van der Waals surface area contributed by atoms with E-state index in [1.165, 1.54) is 0 Å². The third-order valence-corrected chi connectivity index (χ3v) is 10.3. The smallest absolute Gasteiger partial charge is 0.231 e. The second kappa shape index (κ2) is 15.0. The molecule has 8 aromatic carbocycles. The summed E-state index contributed by atoms with van der Waals surface area (Å²) in [6.07, 6.45) is 8.40. The van der Waals surface area contributed by atoms with E-state index in [9.17, 15) is 10.2 Å². The molecule has 0 aromatic heterocycles. The Morgan fingerprint density at radius 3 is 1.24 bits per heavy atom. The fourth-order valence-corrected chi connectivity index (χ4v) is 7.48. The van der Waals surface area contributed by atoms with Crippen LogP contribution < -0.4 is 9.47 Å². The van der Waals surface area contributed by atoms with Gasteiger partial charge in [0, 0.05) is 22.3 Å². The summed E-state index contributed by atoms with van der Waals surface area (Å²) in [5.74, 6) is 1.52. The Morgan fingerprint density at radius 2 is 0.836 bits per heavy atom. The normalized spacial score (nSPS) is 12.4. The van der Waals surface area contributed by atoms with Gasteiger partial charge in [-0.2, -0.15) is 0 Å². The van der Waals surface area contributed by atoms with Crippen LogP contribution in [0.15, 0.2) is 158 Å². The van der Waals surface area contributed by atoms with E-state index >= 15 is 0 Å². The van der Waals surface area contributed by atoms with E-state index < -0.39 is 0 Å². The van der Waals surface area contributed by atoms with Gasteiger partial charge >= 0.3 is 0 Å². The minimum atomic E-state index is 0.00709. The van der Waals surface area contributed by atoms with Gasteiger partial charge in [0.05, 0.1) is 13.2 Å². The van der Waals surface area contributed by atoms with E-state index in [0.717, 1.165) is 99.8 Å². The Kier molecular flexibility index (Phi) is 9.27. The van der Waals surface area contributed by atoms with Crippen LogP contribution in [0.5, 0.6) is 11.5 Å². The molecule has 0 fully saturated rings. The molecule has 1 heterocycles. The van der Waals surface area contributed by atoms with Gasteiger partial charge in [-0.15, -0.1) is 0 Å². The van der Waals surface area contributed by atoms with Gasteiger partial charge in [0.1, 0.15) is 11.5 Å². The molecular formula is C51H38O4. The topological polar surface area (TPSA) is 58.9 Å². The zero-order valence-electron chi connectivity index (χ0n) is 30.2. The standard InChI is InChI=1S/C51H38O4/c52-31-36-15-11-34(12-16-36)19-21-42-29-44-27-40(38-7-3-1-4-8-38)23-25-46(44)48-49-47-26-24-41(39-9-5-2-6-10-39)28-45(47)30-43(51(49)55-33-54-50(42)48)22-20-35-13-17-37(32-53)18-14-35/h1-30,52-53H,31-33H2/b21-19-,22-20-. The number of fused-ring (bicyclic) bond motifs is 7. The van der Waals surface area contributed by atoms with Crippen molar-refractivity contribution in [2.45, 2.75) is 13.2 Å². The number of aliphatic hydroxyl groups is 2. The molecule has 266 valence electrons. The van der Waals surface area contributed by atoms with Gasteiger partial charge < -0.3 is 19.7 Å². The lowest BCUT2D eigenvalue weighted by Gasteiger charge is -2.18. The summed E-state index contributed by atoms with van der Waals surface area (Å²) in [5.41, 5.74) is 12.2. The van der Waals surface area contributed by atoms with Gasteiger partial charge in [0.2, 0.25) is 6.79 Å². The van der Waals surface area contributed by atoms with E-state index in [4.69, 9.17) is 9.47 Å². The molecule has 9 rings (SSSR count). The predicted molar refractivity (Wildman–Crippen MR) is 226 cm³/mol. The first kappa shape index (κ1) is 34.1. The maximum atomic E-state index is 9.60. The Hall–Kier alpha value is -6.72. The van der Waals surface area contributed by atoms with Gasteiger partial charge in [-0.1, -0.05) is 158 Å². The van der Waals surface area contributed by atoms with Crippen LogP contribution in [0.3, 0.4) is 0 Å². The van der Waals surface area contributed by atoms with Crippen molar-refractivity contribution in [1.82, 2.24) is 0 Å². The molecule has 0 aliphatic carbocycles. The van der Waals surface area contributed by atoms with Crippen molar-refractivity contribution in [1.29, 1.82) is 0 Å². The molecule has 2 N–H and O–H groups in total. The summed E-state index contributed by atoms with van der Waals surface area (Å²) in [5, 5.41) is 23.5. The van der Waals surface area contributed by atoms with Crippen LogP contribution in [-0.2, 0) is 13.2 Å². The van der Waals surface area contributed by atoms with Gasteiger partial charge in [0.15, 0.2) is 0 Å². The monoisotopic (exact) mass is 714 g/mol. The van der Waals surface area contributed by atoms with Gasteiger partial charge in [-0.3, -0.25) is 0 Å². The zero-order chi connectivity index (χ0) is 37.1. The van der Waals surface area contributed by atoms with Crippen LogP contribution in [0.25, 0.3) is 79.2 Å². The molecule has 4 heteroatoms. The summed E-state index contributed by atoms with van der Waals surface area (Å²) >= 11 is 0. The van der Waals surface area contributed by atoms with Crippen molar-refractivity contribution in [2.75, 3.05) is 6.79 Å². The molecule has 1 aliphatic rings. The first-order valence-corrected chi connectivity index (χ1v) is 18.5. The summed E-state index contributed by atoms with van der Waals surface area (Å²) in [7, 11) is 0. The van der Waals surface area contributed by atoms with Gasteiger partial charge in [-0.25, -0.2) is 0 Å². The maximum absolute atomic E-state index is 9.60. The molecule has 8 aromatic rings. The molecule has 0 radical (unpaired) electrons. The average Bonchev–Trinajstić information content (AvgIpc) is 3.46. The Labute approximate surface area is 320 Å². The van der Waals surface area contributed by atoms with Crippen molar-refractivity contribution >= 4 is 45.8 Å². The molecule has 0 unspecified atom stereocenters. The van der Waals surface area contributed by atoms with E-state index in [1.807, 2.05) is 60.7 Å². The summed E-state index contributed by atoms with van der Waals surface area (Å²) in [6, 6.07) is 54.5. The molecule has 0 bridgehead atoms. The maximum Gasteiger partial charge on any atom is 0.231 e. The molecule has 55 heavy (non-hydrogen) atoms. The zero-order valence-corrected chi connectivity index (χ0v) is 30.2. The van der Waals surface area contributed by atoms with Gasteiger partial charge in [0.25, 0.3) is 0 Å². The third kappa shape index (κ3) is 6.81.